The van der Waals surface area contributed by atoms with Gasteiger partial charge in [-0.1, -0.05) is 0 Å². The quantitative estimate of drug-likeness (QED) is 0.551. The topological polar surface area (TPSA) is 100 Å². The zero-order valence-corrected chi connectivity index (χ0v) is 15.5. The van der Waals surface area contributed by atoms with Crippen LogP contribution in [-0.2, 0) is 9.47 Å². The van der Waals surface area contributed by atoms with Crippen LogP contribution in [-0.4, -0.2) is 62.0 Å². The number of ether oxygens (including phenoxy) is 4. The lowest BCUT2D eigenvalue weighted by Crippen LogP contribution is -2.44. The van der Waals surface area contributed by atoms with Crippen molar-refractivity contribution in [1.29, 1.82) is 0 Å². The average Bonchev–Trinajstić information content (AvgIpc) is 3.22. The van der Waals surface area contributed by atoms with E-state index in [0.717, 1.165) is 12.8 Å². The number of likely N-dealkylation sites (tertiary alicyclic amines) is 1. The number of nitro benzene ring substituents is 1. The zero-order chi connectivity index (χ0) is 19.4. The van der Waals surface area contributed by atoms with E-state index in [1.54, 1.807) is 11.8 Å². The Labute approximate surface area is 157 Å². The summed E-state index contributed by atoms with van der Waals surface area (Å²) in [4.78, 5) is 25.7. The second-order valence-corrected chi connectivity index (χ2v) is 6.47. The summed E-state index contributed by atoms with van der Waals surface area (Å²) < 4.78 is 21.8. The van der Waals surface area contributed by atoms with Crippen LogP contribution in [0.1, 0.15) is 30.1 Å². The van der Waals surface area contributed by atoms with Gasteiger partial charge in [-0.3, -0.25) is 14.9 Å². The van der Waals surface area contributed by atoms with Crippen molar-refractivity contribution in [1.82, 2.24) is 4.90 Å². The highest BCUT2D eigenvalue weighted by molar-refractivity contribution is 5.99. The summed E-state index contributed by atoms with van der Waals surface area (Å²) in [6, 6.07) is 2.64. The van der Waals surface area contributed by atoms with Gasteiger partial charge in [0.1, 0.15) is 5.56 Å². The summed E-state index contributed by atoms with van der Waals surface area (Å²) in [6.07, 6.45) is 1.37. The molecule has 0 N–H and O–H groups in total. The molecule has 0 radical (unpaired) electrons. The van der Waals surface area contributed by atoms with Gasteiger partial charge < -0.3 is 23.8 Å². The molecule has 0 spiro atoms. The Morgan fingerprint density at radius 2 is 2.07 bits per heavy atom. The number of benzene rings is 1. The summed E-state index contributed by atoms with van der Waals surface area (Å²) >= 11 is 0. The number of carbonyl (C=O) groups excluding carboxylic acids is 1. The molecule has 2 saturated heterocycles. The van der Waals surface area contributed by atoms with Crippen molar-refractivity contribution in [2.24, 2.45) is 5.92 Å². The maximum atomic E-state index is 13.1. The second kappa shape index (κ2) is 8.53. The number of hydrogen-bond donors (Lipinski definition) is 0. The molecule has 1 aromatic rings. The average molecular weight is 380 g/mol. The van der Waals surface area contributed by atoms with Crippen LogP contribution < -0.4 is 9.47 Å². The van der Waals surface area contributed by atoms with Gasteiger partial charge in [-0.2, -0.15) is 0 Å². The standard InChI is InChI=1S/C18H24N2O7/c1-3-25-16-10-14(20(22)23)13(9-15(16)24-2)17(21)19-6-4-5-12(11-19)18-26-7-8-27-18/h9-10,12,18H,3-8,11H2,1-2H3. The minimum Gasteiger partial charge on any atom is -0.493 e. The largest absolute Gasteiger partial charge is 0.493 e. The van der Waals surface area contributed by atoms with E-state index in [2.05, 4.69) is 0 Å². The number of methoxy groups -OCH3 is 1. The summed E-state index contributed by atoms with van der Waals surface area (Å²) in [5.41, 5.74) is -0.297. The molecular formula is C18H24N2O7. The molecule has 0 bridgehead atoms. The molecule has 0 aromatic heterocycles. The van der Waals surface area contributed by atoms with Gasteiger partial charge in [0.25, 0.3) is 11.6 Å². The van der Waals surface area contributed by atoms with Crippen LogP contribution >= 0.6 is 0 Å². The van der Waals surface area contributed by atoms with Gasteiger partial charge in [0.15, 0.2) is 17.8 Å². The van der Waals surface area contributed by atoms with Crippen molar-refractivity contribution >= 4 is 11.6 Å². The Kier molecular flexibility index (Phi) is 6.12. The Morgan fingerprint density at radius 1 is 1.33 bits per heavy atom. The fraction of sp³-hybridized carbons (Fsp3) is 0.611. The first-order chi connectivity index (χ1) is 13.0. The molecule has 0 aliphatic carbocycles. The van der Waals surface area contributed by atoms with Crippen molar-refractivity contribution in [3.8, 4) is 11.5 Å². The molecule has 2 heterocycles. The number of hydrogen-bond acceptors (Lipinski definition) is 7. The summed E-state index contributed by atoms with van der Waals surface area (Å²) in [7, 11) is 1.43. The van der Waals surface area contributed by atoms with Crippen molar-refractivity contribution in [3.63, 3.8) is 0 Å². The molecule has 0 saturated carbocycles. The normalized spacial score (nSPS) is 20.5. The zero-order valence-electron chi connectivity index (χ0n) is 15.5. The van der Waals surface area contributed by atoms with Crippen molar-refractivity contribution in [2.45, 2.75) is 26.1 Å². The second-order valence-electron chi connectivity index (χ2n) is 6.47. The molecule has 2 fully saturated rings. The van der Waals surface area contributed by atoms with Crippen LogP contribution in [0, 0.1) is 16.0 Å². The third-order valence-corrected chi connectivity index (χ3v) is 4.79. The fourth-order valence-corrected chi connectivity index (χ4v) is 3.54. The van der Waals surface area contributed by atoms with Gasteiger partial charge in [-0.25, -0.2) is 0 Å². The summed E-state index contributed by atoms with van der Waals surface area (Å²) in [5.74, 6) is 0.203. The van der Waals surface area contributed by atoms with E-state index < -0.39 is 10.8 Å². The van der Waals surface area contributed by atoms with E-state index in [9.17, 15) is 14.9 Å². The molecule has 148 valence electrons. The Hall–Kier alpha value is -2.39. The smallest absolute Gasteiger partial charge is 0.286 e. The highest BCUT2D eigenvalue weighted by Gasteiger charge is 2.35. The first-order valence-electron chi connectivity index (χ1n) is 9.06. The predicted octanol–water partition coefficient (Wildman–Crippen LogP) is 2.23. The number of nitrogens with zero attached hydrogens (tertiary/aromatic N) is 2. The molecule has 2 aliphatic rings. The Bertz CT molecular complexity index is 703. The lowest BCUT2D eigenvalue weighted by Gasteiger charge is -2.34. The molecule has 3 rings (SSSR count). The number of carbonyl (C=O) groups is 1. The lowest BCUT2D eigenvalue weighted by atomic mass is 9.96. The van der Waals surface area contributed by atoms with Crippen LogP contribution in [0.2, 0.25) is 0 Å². The number of piperidine rings is 1. The SMILES string of the molecule is CCOc1cc([N+](=O)[O-])c(C(=O)N2CCCC(C3OCCO3)C2)cc1OC. The monoisotopic (exact) mass is 380 g/mol. The number of amides is 1. The predicted molar refractivity (Wildman–Crippen MR) is 95.1 cm³/mol. The first-order valence-corrected chi connectivity index (χ1v) is 9.06. The van der Waals surface area contributed by atoms with Crippen molar-refractivity contribution in [2.75, 3.05) is 40.0 Å². The van der Waals surface area contributed by atoms with E-state index in [1.807, 2.05) is 0 Å². The van der Waals surface area contributed by atoms with Crippen molar-refractivity contribution < 1.29 is 28.7 Å². The van der Waals surface area contributed by atoms with Crippen LogP contribution in [0.15, 0.2) is 12.1 Å². The van der Waals surface area contributed by atoms with Gasteiger partial charge in [0.2, 0.25) is 0 Å². The fourth-order valence-electron chi connectivity index (χ4n) is 3.54. The highest BCUT2D eigenvalue weighted by atomic mass is 16.7. The molecule has 1 amide bonds. The van der Waals surface area contributed by atoms with Gasteiger partial charge in [0.05, 0.1) is 37.9 Å². The van der Waals surface area contributed by atoms with Crippen LogP contribution in [0.3, 0.4) is 0 Å². The molecular weight excluding hydrogens is 356 g/mol. The van der Waals surface area contributed by atoms with Crippen molar-refractivity contribution in [3.05, 3.63) is 27.8 Å². The van der Waals surface area contributed by atoms with Crippen LogP contribution in [0.4, 0.5) is 5.69 Å². The van der Waals surface area contributed by atoms with Crippen LogP contribution in [0.5, 0.6) is 11.5 Å². The highest BCUT2D eigenvalue weighted by Crippen LogP contribution is 2.36. The Morgan fingerprint density at radius 3 is 2.70 bits per heavy atom. The van der Waals surface area contributed by atoms with E-state index in [0.29, 0.717) is 38.7 Å². The maximum Gasteiger partial charge on any atom is 0.286 e. The molecule has 1 aromatic carbocycles. The number of nitro groups is 1. The van der Waals surface area contributed by atoms with Gasteiger partial charge in [-0.05, 0) is 19.8 Å². The number of rotatable bonds is 6. The third-order valence-electron chi connectivity index (χ3n) is 4.79. The molecule has 1 atom stereocenters. The molecule has 9 heteroatoms. The van der Waals surface area contributed by atoms with Gasteiger partial charge in [-0.15, -0.1) is 0 Å². The first kappa shape index (κ1) is 19.4. The van der Waals surface area contributed by atoms with E-state index in [-0.39, 0.29) is 29.2 Å². The molecule has 27 heavy (non-hydrogen) atoms. The van der Waals surface area contributed by atoms with Gasteiger partial charge in [0, 0.05) is 25.1 Å². The minimum atomic E-state index is -0.570. The maximum absolute atomic E-state index is 13.1. The van der Waals surface area contributed by atoms with E-state index in [4.69, 9.17) is 18.9 Å². The van der Waals surface area contributed by atoms with E-state index >= 15 is 0 Å². The minimum absolute atomic E-state index is 0.00536. The lowest BCUT2D eigenvalue weighted by molar-refractivity contribution is -0.385. The van der Waals surface area contributed by atoms with Crippen LogP contribution in [0.25, 0.3) is 0 Å². The summed E-state index contributed by atoms with van der Waals surface area (Å²) in [5, 5.41) is 11.5. The molecule has 2 aliphatic heterocycles. The van der Waals surface area contributed by atoms with E-state index in [1.165, 1.54) is 19.2 Å². The Balaban J connectivity index is 1.87. The third kappa shape index (κ3) is 4.14. The molecule has 1 unspecified atom stereocenters. The van der Waals surface area contributed by atoms with Gasteiger partial charge >= 0.3 is 0 Å². The molecule has 9 nitrogen and oxygen atoms in total. The summed E-state index contributed by atoms with van der Waals surface area (Å²) in [6.45, 7) is 4.18.